The number of amides is 1. The molecule has 5 aromatic rings. The monoisotopic (exact) mass is 389 g/mol. The maximum Gasteiger partial charge on any atom is 0.272 e. The van der Waals surface area contributed by atoms with Crippen molar-refractivity contribution in [1.29, 1.82) is 0 Å². The van der Waals surface area contributed by atoms with Gasteiger partial charge in [0.15, 0.2) is 0 Å². The Labute approximate surface area is 174 Å². The van der Waals surface area contributed by atoms with Gasteiger partial charge in [-0.05, 0) is 42.0 Å². The summed E-state index contributed by atoms with van der Waals surface area (Å²) in [7, 11) is 0. The number of fused-ring (bicyclic) bond motifs is 2. The molecule has 0 bridgehead atoms. The van der Waals surface area contributed by atoms with Gasteiger partial charge in [-0.1, -0.05) is 66.7 Å². The minimum Gasteiger partial charge on any atom is -0.267 e. The second-order valence-corrected chi connectivity index (χ2v) is 7.11. The van der Waals surface area contributed by atoms with Crippen molar-refractivity contribution < 1.29 is 4.79 Å². The molecule has 0 saturated heterocycles. The van der Waals surface area contributed by atoms with E-state index in [4.69, 9.17) is 10.8 Å². The summed E-state index contributed by atoms with van der Waals surface area (Å²) in [4.78, 5) is 17.4. The molecule has 1 heterocycles. The fourth-order valence-corrected chi connectivity index (χ4v) is 3.78. The number of aromatic nitrogens is 1. The Kier molecular flexibility index (Phi) is 4.46. The molecule has 0 fully saturated rings. The number of nitrogens with two attached hydrogens (primary N) is 1. The van der Waals surface area contributed by atoms with Crippen LogP contribution in [0.3, 0.4) is 0 Å². The van der Waals surface area contributed by atoms with Gasteiger partial charge in [0, 0.05) is 21.9 Å². The molecule has 0 aliphatic carbocycles. The van der Waals surface area contributed by atoms with Crippen LogP contribution in [0.5, 0.6) is 0 Å². The minimum absolute atomic E-state index is 0.247. The highest BCUT2D eigenvalue weighted by molar-refractivity contribution is 6.10. The third-order valence-electron chi connectivity index (χ3n) is 5.26. The molecule has 0 spiro atoms. The Bertz CT molecular complexity index is 1310. The predicted octanol–water partition coefficient (Wildman–Crippen LogP) is 5.58. The topological polar surface area (TPSA) is 59.2 Å². The van der Waals surface area contributed by atoms with Gasteiger partial charge in [0.2, 0.25) is 0 Å². The fraction of sp³-hybridized carbons (Fsp3) is 0. The van der Waals surface area contributed by atoms with E-state index in [0.29, 0.717) is 11.3 Å². The van der Waals surface area contributed by atoms with Crippen LogP contribution in [0, 0.1) is 0 Å². The molecule has 30 heavy (non-hydrogen) atoms. The number of hydrazine groups is 1. The van der Waals surface area contributed by atoms with Crippen LogP contribution in [0.4, 0.5) is 5.69 Å². The Morgan fingerprint density at radius 2 is 1.20 bits per heavy atom. The summed E-state index contributed by atoms with van der Waals surface area (Å²) in [6.07, 6.45) is 0. The number of pyridine rings is 1. The van der Waals surface area contributed by atoms with Crippen LogP contribution in [0.25, 0.3) is 32.9 Å². The van der Waals surface area contributed by atoms with E-state index in [1.165, 1.54) is 5.01 Å². The van der Waals surface area contributed by atoms with Crippen molar-refractivity contribution in [2.45, 2.75) is 0 Å². The Balaban J connectivity index is 1.59. The van der Waals surface area contributed by atoms with Crippen LogP contribution in [0.15, 0.2) is 103 Å². The first-order valence-corrected chi connectivity index (χ1v) is 9.74. The normalized spacial score (nSPS) is 11.0. The van der Waals surface area contributed by atoms with Gasteiger partial charge in [0.1, 0.15) is 0 Å². The van der Waals surface area contributed by atoms with E-state index in [-0.39, 0.29) is 5.91 Å². The van der Waals surface area contributed by atoms with Gasteiger partial charge in [-0.2, -0.15) is 0 Å². The second kappa shape index (κ2) is 7.43. The molecule has 0 aliphatic rings. The molecular weight excluding hydrogens is 370 g/mol. The smallest absolute Gasteiger partial charge is 0.267 e. The van der Waals surface area contributed by atoms with Gasteiger partial charge in [0.05, 0.1) is 16.7 Å². The summed E-state index contributed by atoms with van der Waals surface area (Å²) < 4.78 is 0. The van der Waals surface area contributed by atoms with E-state index < -0.39 is 0 Å². The lowest BCUT2D eigenvalue weighted by Crippen LogP contribution is -2.37. The average molecular weight is 389 g/mol. The number of anilines is 1. The lowest BCUT2D eigenvalue weighted by Gasteiger charge is -2.18. The lowest BCUT2D eigenvalue weighted by molar-refractivity contribution is 0.0987. The van der Waals surface area contributed by atoms with Gasteiger partial charge >= 0.3 is 0 Å². The van der Waals surface area contributed by atoms with E-state index in [1.54, 1.807) is 12.1 Å². The summed E-state index contributed by atoms with van der Waals surface area (Å²) >= 11 is 0. The van der Waals surface area contributed by atoms with E-state index >= 15 is 0 Å². The first kappa shape index (κ1) is 18.0. The highest BCUT2D eigenvalue weighted by Crippen LogP contribution is 2.35. The standard InChI is InChI=1S/C26H19N3O/c27-29(26(30)19-8-2-1-3-9-19)20-16-14-18(15-17-20)25-21-10-4-6-12-23(21)28-24-13-7-5-11-22(24)25/h1-17H,27H2. The maximum atomic E-state index is 12.6. The van der Waals surface area contributed by atoms with Crippen LogP contribution in [-0.4, -0.2) is 10.9 Å². The molecule has 144 valence electrons. The molecule has 4 heteroatoms. The minimum atomic E-state index is -0.247. The average Bonchev–Trinajstić information content (AvgIpc) is 2.82. The molecule has 2 N–H and O–H groups in total. The van der Waals surface area contributed by atoms with Crippen LogP contribution >= 0.6 is 0 Å². The fourth-order valence-electron chi connectivity index (χ4n) is 3.78. The molecule has 4 aromatic carbocycles. The van der Waals surface area contributed by atoms with Gasteiger partial charge in [0.25, 0.3) is 5.91 Å². The quantitative estimate of drug-likeness (QED) is 0.190. The summed E-state index contributed by atoms with van der Waals surface area (Å²) in [5.74, 6) is 5.87. The Hall–Kier alpha value is -4.02. The number of nitrogens with zero attached hydrogens (tertiary/aromatic N) is 2. The number of hydrogen-bond acceptors (Lipinski definition) is 3. The molecular formula is C26H19N3O. The zero-order valence-electron chi connectivity index (χ0n) is 16.2. The van der Waals surface area contributed by atoms with E-state index in [2.05, 4.69) is 12.1 Å². The Morgan fingerprint density at radius 1 is 0.667 bits per heavy atom. The number of benzene rings is 4. The summed E-state index contributed by atoms with van der Waals surface area (Å²) in [6.45, 7) is 0. The number of carbonyl (C=O) groups is 1. The molecule has 0 radical (unpaired) electrons. The number of carbonyl (C=O) groups excluding carboxylic acids is 1. The highest BCUT2D eigenvalue weighted by atomic mass is 16.2. The van der Waals surface area contributed by atoms with Gasteiger partial charge in [-0.3, -0.25) is 4.79 Å². The summed E-state index contributed by atoms with van der Waals surface area (Å²) in [6, 6.07) is 33.1. The van der Waals surface area contributed by atoms with Crippen LogP contribution in [0.2, 0.25) is 0 Å². The molecule has 5 rings (SSSR count). The van der Waals surface area contributed by atoms with Crippen molar-refractivity contribution in [1.82, 2.24) is 4.98 Å². The molecule has 0 unspecified atom stereocenters. The molecule has 1 aromatic heterocycles. The third kappa shape index (κ3) is 3.09. The molecule has 0 saturated carbocycles. The number of para-hydroxylation sites is 2. The molecule has 0 aliphatic heterocycles. The molecule has 1 amide bonds. The van der Waals surface area contributed by atoms with Crippen molar-refractivity contribution in [2.75, 3.05) is 5.01 Å². The lowest BCUT2D eigenvalue weighted by atomic mass is 9.96. The van der Waals surface area contributed by atoms with Gasteiger partial charge in [-0.25, -0.2) is 15.8 Å². The number of hydrogen-bond donors (Lipinski definition) is 1. The Morgan fingerprint density at radius 3 is 1.80 bits per heavy atom. The second-order valence-electron chi connectivity index (χ2n) is 7.11. The molecule has 0 atom stereocenters. The van der Waals surface area contributed by atoms with Gasteiger partial charge < -0.3 is 0 Å². The summed E-state index contributed by atoms with van der Waals surface area (Å²) in [5, 5.41) is 3.37. The number of rotatable bonds is 3. The van der Waals surface area contributed by atoms with E-state index in [1.807, 2.05) is 78.9 Å². The first-order valence-electron chi connectivity index (χ1n) is 9.74. The van der Waals surface area contributed by atoms with Crippen molar-refractivity contribution in [3.05, 3.63) is 109 Å². The van der Waals surface area contributed by atoms with E-state index in [9.17, 15) is 4.79 Å². The molecule has 4 nitrogen and oxygen atoms in total. The third-order valence-corrected chi connectivity index (χ3v) is 5.26. The highest BCUT2D eigenvalue weighted by Gasteiger charge is 2.15. The predicted molar refractivity (Wildman–Crippen MR) is 122 cm³/mol. The van der Waals surface area contributed by atoms with Crippen LogP contribution < -0.4 is 10.9 Å². The van der Waals surface area contributed by atoms with Crippen molar-refractivity contribution in [3.8, 4) is 11.1 Å². The largest absolute Gasteiger partial charge is 0.272 e. The maximum absolute atomic E-state index is 12.6. The van der Waals surface area contributed by atoms with Crippen molar-refractivity contribution in [2.24, 2.45) is 5.84 Å². The van der Waals surface area contributed by atoms with Gasteiger partial charge in [-0.15, -0.1) is 0 Å². The van der Waals surface area contributed by atoms with Crippen molar-refractivity contribution >= 4 is 33.4 Å². The zero-order chi connectivity index (χ0) is 20.5. The van der Waals surface area contributed by atoms with Crippen LogP contribution in [0.1, 0.15) is 10.4 Å². The summed E-state index contributed by atoms with van der Waals surface area (Å²) in [5.41, 5.74) is 5.27. The van der Waals surface area contributed by atoms with Crippen molar-refractivity contribution in [3.63, 3.8) is 0 Å². The van der Waals surface area contributed by atoms with Crippen LogP contribution in [-0.2, 0) is 0 Å². The van der Waals surface area contributed by atoms with E-state index in [0.717, 1.165) is 32.9 Å². The first-order chi connectivity index (χ1) is 14.7. The SMILES string of the molecule is NN(C(=O)c1ccccc1)c1ccc(-c2c3ccccc3nc3ccccc23)cc1. The zero-order valence-corrected chi connectivity index (χ0v) is 16.2.